The first-order valence-electron chi connectivity index (χ1n) is 5.70. The third-order valence-corrected chi connectivity index (χ3v) is 2.50. The minimum Gasteiger partial charge on any atom is -0.462 e. The molecular weight excluding hydrogens is 252 g/mol. The predicted octanol–water partition coefficient (Wildman–Crippen LogP) is 3.20. The highest BCUT2D eigenvalue weighted by Gasteiger charge is 2.14. The van der Waals surface area contributed by atoms with Crippen LogP contribution in [0.3, 0.4) is 0 Å². The highest BCUT2D eigenvalue weighted by atomic mass is 19.1. The summed E-state index contributed by atoms with van der Waals surface area (Å²) < 4.78 is 32.1. The monoisotopic (exact) mass is 263 g/mol. The van der Waals surface area contributed by atoms with Gasteiger partial charge in [0.1, 0.15) is 11.6 Å². The molecule has 0 bridgehead atoms. The third kappa shape index (κ3) is 2.76. The molecule has 0 amide bonds. The van der Waals surface area contributed by atoms with Crippen molar-refractivity contribution in [1.29, 1.82) is 0 Å². The van der Waals surface area contributed by atoms with Gasteiger partial charge in [0.2, 0.25) is 0 Å². The number of carbonyl (C=O) groups excluding carboxylic acids is 1. The van der Waals surface area contributed by atoms with Gasteiger partial charge in [-0.1, -0.05) is 6.07 Å². The van der Waals surface area contributed by atoms with Crippen molar-refractivity contribution in [3.8, 4) is 11.1 Å². The Bertz CT molecular complexity index is 594. The van der Waals surface area contributed by atoms with E-state index in [2.05, 4.69) is 4.98 Å². The van der Waals surface area contributed by atoms with E-state index in [1.54, 1.807) is 6.92 Å². The Morgan fingerprint density at radius 3 is 2.58 bits per heavy atom. The molecule has 0 unspecified atom stereocenters. The number of hydrogen-bond acceptors (Lipinski definition) is 3. The molecule has 0 atom stereocenters. The Labute approximate surface area is 108 Å². The highest BCUT2D eigenvalue weighted by Crippen LogP contribution is 2.25. The summed E-state index contributed by atoms with van der Waals surface area (Å²) in [5.74, 6) is -1.99. The minimum atomic E-state index is -0.706. The fourth-order valence-electron chi connectivity index (χ4n) is 1.68. The Kier molecular flexibility index (Phi) is 3.85. The molecule has 0 aliphatic rings. The zero-order valence-electron chi connectivity index (χ0n) is 10.2. The maximum Gasteiger partial charge on any atom is 0.339 e. The third-order valence-electron chi connectivity index (χ3n) is 2.50. The molecule has 0 fully saturated rings. The highest BCUT2D eigenvalue weighted by molar-refractivity contribution is 5.90. The van der Waals surface area contributed by atoms with Crippen LogP contribution in [0.25, 0.3) is 11.1 Å². The minimum absolute atomic E-state index is 0.155. The van der Waals surface area contributed by atoms with Crippen LogP contribution in [-0.2, 0) is 4.74 Å². The lowest BCUT2D eigenvalue weighted by atomic mass is 10.0. The normalized spacial score (nSPS) is 10.3. The summed E-state index contributed by atoms with van der Waals surface area (Å²) in [6, 6.07) is 4.92. The van der Waals surface area contributed by atoms with Crippen LogP contribution >= 0.6 is 0 Å². The van der Waals surface area contributed by atoms with Crippen molar-refractivity contribution < 1.29 is 18.3 Å². The molecular formula is C14H11F2NO2. The number of nitrogens with zero attached hydrogens (tertiary/aromatic N) is 1. The van der Waals surface area contributed by atoms with Crippen LogP contribution in [0.5, 0.6) is 0 Å². The van der Waals surface area contributed by atoms with Gasteiger partial charge in [-0.25, -0.2) is 13.6 Å². The Balaban J connectivity index is 2.47. The summed E-state index contributed by atoms with van der Waals surface area (Å²) in [5.41, 5.74) is 0.143. The lowest BCUT2D eigenvalue weighted by Crippen LogP contribution is -2.05. The summed E-state index contributed by atoms with van der Waals surface area (Å²) in [6.07, 6.45) is 2.59. The van der Waals surface area contributed by atoms with Crippen molar-refractivity contribution in [1.82, 2.24) is 4.98 Å². The summed E-state index contributed by atoms with van der Waals surface area (Å²) in [4.78, 5) is 15.4. The average Bonchev–Trinajstić information content (AvgIpc) is 2.39. The molecule has 2 rings (SSSR count). The molecule has 98 valence electrons. The zero-order valence-corrected chi connectivity index (χ0v) is 10.2. The molecule has 1 heterocycles. The number of carbonyl (C=O) groups is 1. The Morgan fingerprint density at radius 1 is 1.26 bits per heavy atom. The Morgan fingerprint density at radius 2 is 1.95 bits per heavy atom. The number of pyridine rings is 1. The number of halogens is 2. The fourth-order valence-corrected chi connectivity index (χ4v) is 1.68. The molecule has 0 aliphatic carbocycles. The maximum atomic E-state index is 13.6. The van der Waals surface area contributed by atoms with Crippen LogP contribution in [0.4, 0.5) is 8.78 Å². The lowest BCUT2D eigenvalue weighted by Gasteiger charge is -2.06. The number of ether oxygens (including phenoxy) is 1. The number of esters is 1. The largest absolute Gasteiger partial charge is 0.462 e. The van der Waals surface area contributed by atoms with E-state index >= 15 is 0 Å². The summed E-state index contributed by atoms with van der Waals surface area (Å²) in [5, 5.41) is 0. The van der Waals surface area contributed by atoms with Crippen LogP contribution in [0.1, 0.15) is 17.3 Å². The van der Waals surface area contributed by atoms with E-state index in [1.807, 2.05) is 0 Å². The molecule has 3 nitrogen and oxygen atoms in total. The van der Waals surface area contributed by atoms with Gasteiger partial charge in [-0.2, -0.15) is 0 Å². The first kappa shape index (κ1) is 13.1. The van der Waals surface area contributed by atoms with Gasteiger partial charge in [-0.15, -0.1) is 0 Å². The van der Waals surface area contributed by atoms with Gasteiger partial charge < -0.3 is 4.74 Å². The molecule has 0 spiro atoms. The van der Waals surface area contributed by atoms with Crippen molar-refractivity contribution in [3.63, 3.8) is 0 Å². The van der Waals surface area contributed by atoms with E-state index in [-0.39, 0.29) is 23.3 Å². The van der Waals surface area contributed by atoms with Crippen LogP contribution in [0, 0.1) is 11.6 Å². The second kappa shape index (κ2) is 5.56. The van der Waals surface area contributed by atoms with Gasteiger partial charge in [0.05, 0.1) is 17.7 Å². The van der Waals surface area contributed by atoms with Gasteiger partial charge >= 0.3 is 5.97 Å². The summed E-state index contributed by atoms with van der Waals surface area (Å²) in [6.45, 7) is 1.89. The van der Waals surface area contributed by atoms with E-state index in [0.717, 1.165) is 12.1 Å². The van der Waals surface area contributed by atoms with Crippen LogP contribution in [0.2, 0.25) is 0 Å². The Hall–Kier alpha value is -2.30. The SMILES string of the molecule is CCOC(=O)c1cncc(-c2c(F)cccc2F)c1. The van der Waals surface area contributed by atoms with Crippen molar-refractivity contribution in [3.05, 3.63) is 53.9 Å². The van der Waals surface area contributed by atoms with E-state index < -0.39 is 17.6 Å². The van der Waals surface area contributed by atoms with Crippen LogP contribution < -0.4 is 0 Å². The van der Waals surface area contributed by atoms with Gasteiger partial charge in [-0.3, -0.25) is 4.98 Å². The number of rotatable bonds is 3. The zero-order chi connectivity index (χ0) is 13.8. The maximum absolute atomic E-state index is 13.6. The van der Waals surface area contributed by atoms with Crippen molar-refractivity contribution in [2.75, 3.05) is 6.61 Å². The molecule has 0 saturated heterocycles. The average molecular weight is 263 g/mol. The molecule has 0 N–H and O–H groups in total. The summed E-state index contributed by atoms with van der Waals surface area (Å²) in [7, 11) is 0. The molecule has 1 aromatic carbocycles. The number of hydrogen-bond donors (Lipinski definition) is 0. The topological polar surface area (TPSA) is 39.2 Å². The molecule has 1 aromatic heterocycles. The van der Waals surface area contributed by atoms with Crippen molar-refractivity contribution in [2.24, 2.45) is 0 Å². The molecule has 2 aromatic rings. The van der Waals surface area contributed by atoms with Gasteiger partial charge in [0.15, 0.2) is 0 Å². The van der Waals surface area contributed by atoms with E-state index in [1.165, 1.54) is 24.5 Å². The standard InChI is InChI=1S/C14H11F2NO2/c1-2-19-14(18)10-6-9(7-17-8-10)13-11(15)4-3-5-12(13)16/h3-8H,2H2,1H3. The van der Waals surface area contributed by atoms with Crippen molar-refractivity contribution in [2.45, 2.75) is 6.92 Å². The summed E-state index contributed by atoms with van der Waals surface area (Å²) >= 11 is 0. The molecule has 19 heavy (non-hydrogen) atoms. The van der Waals surface area contributed by atoms with Crippen LogP contribution in [-0.4, -0.2) is 17.6 Å². The first-order valence-corrected chi connectivity index (χ1v) is 5.70. The quantitative estimate of drug-likeness (QED) is 0.798. The predicted molar refractivity (Wildman–Crippen MR) is 65.5 cm³/mol. The number of aromatic nitrogens is 1. The molecule has 0 radical (unpaired) electrons. The van der Waals surface area contributed by atoms with Gasteiger partial charge in [0.25, 0.3) is 0 Å². The van der Waals surface area contributed by atoms with E-state index in [9.17, 15) is 13.6 Å². The number of benzene rings is 1. The van der Waals surface area contributed by atoms with Crippen molar-refractivity contribution >= 4 is 5.97 Å². The second-order valence-electron chi connectivity index (χ2n) is 3.78. The van der Waals surface area contributed by atoms with Gasteiger partial charge in [-0.05, 0) is 25.1 Å². The smallest absolute Gasteiger partial charge is 0.339 e. The fraction of sp³-hybridized carbons (Fsp3) is 0.143. The molecule has 0 saturated carbocycles. The van der Waals surface area contributed by atoms with Gasteiger partial charge in [0, 0.05) is 18.0 Å². The lowest BCUT2D eigenvalue weighted by molar-refractivity contribution is 0.0526. The van der Waals surface area contributed by atoms with E-state index in [4.69, 9.17) is 4.74 Å². The van der Waals surface area contributed by atoms with Crippen LogP contribution in [0.15, 0.2) is 36.7 Å². The molecule has 5 heteroatoms. The second-order valence-corrected chi connectivity index (χ2v) is 3.78. The first-order chi connectivity index (χ1) is 9.13. The van der Waals surface area contributed by atoms with E-state index in [0.29, 0.717) is 0 Å². The molecule has 0 aliphatic heterocycles.